The van der Waals surface area contributed by atoms with Gasteiger partial charge in [-0.3, -0.25) is 0 Å². The second-order valence-electron chi connectivity index (χ2n) is 5.46. The summed E-state index contributed by atoms with van der Waals surface area (Å²) in [6.45, 7) is 2.05. The van der Waals surface area contributed by atoms with Gasteiger partial charge in [-0.15, -0.1) is 0 Å². The Morgan fingerprint density at radius 2 is 1.67 bits per heavy atom. The fourth-order valence-corrected chi connectivity index (χ4v) is 2.53. The zero-order valence-electron chi connectivity index (χ0n) is 12.0. The van der Waals surface area contributed by atoms with Gasteiger partial charge in [0.1, 0.15) is 0 Å². The third-order valence-corrected chi connectivity index (χ3v) is 3.86. The minimum absolute atomic E-state index is 0.418. The van der Waals surface area contributed by atoms with E-state index in [0.29, 0.717) is 18.8 Å². The number of benzene rings is 1. The molecule has 0 aliphatic heterocycles. The summed E-state index contributed by atoms with van der Waals surface area (Å²) in [5, 5.41) is 0. The minimum atomic E-state index is -3.86. The lowest BCUT2D eigenvalue weighted by Gasteiger charge is -2.30. The van der Waals surface area contributed by atoms with E-state index >= 15 is 0 Å². The Bertz CT molecular complexity index is 497. The normalized spacial score (nSPS) is 23.1. The average Bonchev–Trinajstić information content (AvgIpc) is 2.44. The fourth-order valence-electron chi connectivity index (χ4n) is 2.53. The topological polar surface area (TPSA) is 18.5 Å². The number of halogens is 4. The molecule has 0 spiro atoms. The van der Waals surface area contributed by atoms with Crippen molar-refractivity contribution < 1.29 is 27.0 Å². The maximum Gasteiger partial charge on any atom is 0.386 e. The van der Waals surface area contributed by atoms with Crippen LogP contribution < -0.4 is 4.74 Å². The predicted molar refractivity (Wildman–Crippen MR) is 69.3 cm³/mol. The summed E-state index contributed by atoms with van der Waals surface area (Å²) in [4.78, 5) is 0. The molecule has 0 heterocycles. The molecule has 0 aromatic heterocycles. The van der Waals surface area contributed by atoms with Gasteiger partial charge >= 0.3 is 6.11 Å². The van der Waals surface area contributed by atoms with E-state index in [-0.39, 0.29) is 0 Å². The molecule has 1 aromatic carbocycles. The first-order chi connectivity index (χ1) is 9.85. The smallest absolute Gasteiger partial charge is 0.386 e. The molecule has 6 heteroatoms. The Hall–Kier alpha value is -1.30. The first-order valence-corrected chi connectivity index (χ1v) is 6.93. The lowest BCUT2D eigenvalue weighted by Crippen LogP contribution is -2.30. The molecular formula is C15H18F4O2. The molecule has 0 amide bonds. The monoisotopic (exact) mass is 306 g/mol. The second-order valence-corrected chi connectivity index (χ2v) is 5.46. The number of hydrogen-bond acceptors (Lipinski definition) is 2. The van der Waals surface area contributed by atoms with Crippen LogP contribution in [-0.2, 0) is 10.8 Å². The molecule has 0 bridgehead atoms. The molecule has 0 saturated heterocycles. The molecule has 1 aliphatic rings. The molecule has 21 heavy (non-hydrogen) atoms. The Balaban J connectivity index is 2.17. The van der Waals surface area contributed by atoms with Crippen LogP contribution >= 0.6 is 0 Å². The highest BCUT2D eigenvalue weighted by atomic mass is 19.3. The molecule has 0 atom stereocenters. The number of rotatable bonds is 4. The van der Waals surface area contributed by atoms with E-state index in [2.05, 4.69) is 4.74 Å². The molecule has 0 N–H and O–H groups in total. The SMILES string of the molecule is COc1ccc(C(F)(F)OC2CCC(C)CC2)c(F)c1F. The zero-order chi connectivity index (χ0) is 15.6. The maximum absolute atomic E-state index is 14.0. The summed E-state index contributed by atoms with van der Waals surface area (Å²) in [6, 6.07) is 1.76. The van der Waals surface area contributed by atoms with E-state index in [0.717, 1.165) is 32.1 Å². The van der Waals surface area contributed by atoms with E-state index in [4.69, 9.17) is 4.74 Å². The van der Waals surface area contributed by atoms with Gasteiger partial charge in [0.2, 0.25) is 5.82 Å². The molecule has 0 radical (unpaired) electrons. The van der Waals surface area contributed by atoms with Gasteiger partial charge in [-0.2, -0.15) is 13.2 Å². The summed E-state index contributed by atoms with van der Waals surface area (Å²) in [5.41, 5.74) is -1.10. The van der Waals surface area contributed by atoms with Gasteiger partial charge in [0, 0.05) is 0 Å². The van der Waals surface area contributed by atoms with Crippen LogP contribution in [0.3, 0.4) is 0 Å². The third-order valence-electron chi connectivity index (χ3n) is 3.86. The quantitative estimate of drug-likeness (QED) is 0.756. The summed E-state index contributed by atoms with van der Waals surface area (Å²) >= 11 is 0. The van der Waals surface area contributed by atoms with E-state index in [1.165, 1.54) is 0 Å². The van der Waals surface area contributed by atoms with Crippen molar-refractivity contribution >= 4 is 0 Å². The standard InChI is InChI=1S/C15H18F4O2/c1-9-3-5-10(6-4-9)21-15(18,19)11-7-8-12(20-2)14(17)13(11)16/h7-10H,3-6H2,1-2H3. The third kappa shape index (κ3) is 3.48. The van der Waals surface area contributed by atoms with Crippen LogP contribution in [0.1, 0.15) is 38.2 Å². The molecule has 2 rings (SSSR count). The van der Waals surface area contributed by atoms with Gasteiger partial charge < -0.3 is 9.47 Å². The summed E-state index contributed by atoms with van der Waals surface area (Å²) in [6.07, 6.45) is -1.92. The Morgan fingerprint density at radius 1 is 1.05 bits per heavy atom. The Labute approximate surface area is 121 Å². The highest BCUT2D eigenvalue weighted by Gasteiger charge is 2.40. The maximum atomic E-state index is 14.0. The summed E-state index contributed by atoms with van der Waals surface area (Å²) < 4.78 is 64.7. The van der Waals surface area contributed by atoms with E-state index in [1.807, 2.05) is 6.92 Å². The van der Waals surface area contributed by atoms with Crippen LogP contribution in [0.5, 0.6) is 5.75 Å². The van der Waals surface area contributed by atoms with Crippen molar-refractivity contribution in [2.75, 3.05) is 7.11 Å². The van der Waals surface area contributed by atoms with Crippen LogP contribution in [-0.4, -0.2) is 13.2 Å². The van der Waals surface area contributed by atoms with Crippen molar-refractivity contribution in [2.45, 2.75) is 44.8 Å². The Morgan fingerprint density at radius 3 is 2.24 bits per heavy atom. The van der Waals surface area contributed by atoms with Crippen LogP contribution in [0.2, 0.25) is 0 Å². The van der Waals surface area contributed by atoms with Crippen molar-refractivity contribution in [1.82, 2.24) is 0 Å². The van der Waals surface area contributed by atoms with Crippen molar-refractivity contribution in [3.8, 4) is 5.75 Å². The Kier molecular flexibility index (Phi) is 4.76. The second kappa shape index (κ2) is 6.22. The van der Waals surface area contributed by atoms with Crippen LogP contribution in [0.15, 0.2) is 12.1 Å². The van der Waals surface area contributed by atoms with E-state index < -0.39 is 35.2 Å². The molecule has 1 aliphatic carbocycles. The highest BCUT2D eigenvalue weighted by Crippen LogP contribution is 2.38. The van der Waals surface area contributed by atoms with Crippen molar-refractivity contribution in [1.29, 1.82) is 0 Å². The van der Waals surface area contributed by atoms with Crippen molar-refractivity contribution in [3.63, 3.8) is 0 Å². The zero-order valence-corrected chi connectivity index (χ0v) is 12.0. The molecule has 1 saturated carbocycles. The number of hydrogen-bond donors (Lipinski definition) is 0. The summed E-state index contributed by atoms with van der Waals surface area (Å²) in [7, 11) is 1.13. The lowest BCUT2D eigenvalue weighted by atomic mass is 9.89. The predicted octanol–water partition coefficient (Wildman–Crippen LogP) is 4.62. The van der Waals surface area contributed by atoms with E-state index in [9.17, 15) is 17.6 Å². The summed E-state index contributed by atoms with van der Waals surface area (Å²) in [5.74, 6) is -3.01. The van der Waals surface area contributed by atoms with Gasteiger partial charge in [-0.05, 0) is 43.7 Å². The minimum Gasteiger partial charge on any atom is -0.494 e. The van der Waals surface area contributed by atoms with Crippen LogP contribution in [0.25, 0.3) is 0 Å². The van der Waals surface area contributed by atoms with Gasteiger partial charge in [0.05, 0.1) is 18.8 Å². The van der Waals surface area contributed by atoms with Gasteiger partial charge in [0.25, 0.3) is 0 Å². The molecular weight excluding hydrogens is 288 g/mol. The van der Waals surface area contributed by atoms with Gasteiger partial charge in [0.15, 0.2) is 11.6 Å². The highest BCUT2D eigenvalue weighted by molar-refractivity contribution is 5.32. The molecule has 1 fully saturated rings. The van der Waals surface area contributed by atoms with E-state index in [1.54, 1.807) is 0 Å². The molecule has 0 unspecified atom stereocenters. The number of methoxy groups -OCH3 is 1. The van der Waals surface area contributed by atoms with Crippen molar-refractivity contribution in [3.05, 3.63) is 29.3 Å². The fraction of sp³-hybridized carbons (Fsp3) is 0.600. The van der Waals surface area contributed by atoms with Crippen molar-refractivity contribution in [2.24, 2.45) is 5.92 Å². The first kappa shape index (κ1) is 16.1. The number of ether oxygens (including phenoxy) is 2. The molecule has 118 valence electrons. The average molecular weight is 306 g/mol. The van der Waals surface area contributed by atoms with Gasteiger partial charge in [-0.25, -0.2) is 4.39 Å². The van der Waals surface area contributed by atoms with Gasteiger partial charge in [-0.1, -0.05) is 6.92 Å². The van der Waals surface area contributed by atoms with Crippen LogP contribution in [0.4, 0.5) is 17.6 Å². The molecule has 2 nitrogen and oxygen atoms in total. The largest absolute Gasteiger partial charge is 0.494 e. The first-order valence-electron chi connectivity index (χ1n) is 6.93. The molecule has 1 aromatic rings. The lowest BCUT2D eigenvalue weighted by molar-refractivity contribution is -0.279. The number of alkyl halides is 2. The van der Waals surface area contributed by atoms with Crippen LogP contribution in [0, 0.1) is 17.6 Å².